The van der Waals surface area contributed by atoms with Crippen molar-refractivity contribution in [2.75, 3.05) is 7.11 Å². The average Bonchev–Trinajstić information content (AvgIpc) is 2.99. The first-order valence-electron chi connectivity index (χ1n) is 10.3. The van der Waals surface area contributed by atoms with Gasteiger partial charge in [0, 0.05) is 13.5 Å². The van der Waals surface area contributed by atoms with Crippen LogP contribution in [0, 0.1) is 6.92 Å². The molecule has 0 bridgehead atoms. The van der Waals surface area contributed by atoms with Crippen molar-refractivity contribution in [1.82, 2.24) is 9.55 Å². The zero-order valence-electron chi connectivity index (χ0n) is 18.0. The lowest BCUT2D eigenvalue weighted by molar-refractivity contribution is -0.140. The van der Waals surface area contributed by atoms with Crippen LogP contribution in [0.2, 0.25) is 0 Å². The van der Waals surface area contributed by atoms with Crippen LogP contribution in [-0.2, 0) is 16.6 Å². The topological polar surface area (TPSA) is 105 Å². The van der Waals surface area contributed by atoms with Crippen molar-refractivity contribution in [3.05, 3.63) is 35.4 Å². The molecule has 3 unspecified atom stereocenters. The van der Waals surface area contributed by atoms with Gasteiger partial charge in [-0.05, 0) is 32.3 Å². The molecule has 0 radical (unpaired) electrons. The number of unbranched alkanes of at least 4 members (excludes halogenated alkanes) is 2. The summed E-state index contributed by atoms with van der Waals surface area (Å²) in [6.07, 6.45) is 8.85. The van der Waals surface area contributed by atoms with Gasteiger partial charge in [0.1, 0.15) is 5.82 Å². The van der Waals surface area contributed by atoms with E-state index < -0.39 is 18.3 Å². The van der Waals surface area contributed by atoms with Crippen molar-refractivity contribution in [3.63, 3.8) is 0 Å². The third kappa shape index (κ3) is 8.51. The first-order valence-corrected chi connectivity index (χ1v) is 10.3. The number of rotatable bonds is 13. The first kappa shape index (κ1) is 25.1. The number of aliphatic hydroxyl groups excluding tert-OH is 3. The number of aromatic nitrogens is 2. The highest BCUT2D eigenvalue weighted by molar-refractivity contribution is 5.69. The quantitative estimate of drug-likeness (QED) is 0.263. The Bertz CT molecular complexity index is 681. The summed E-state index contributed by atoms with van der Waals surface area (Å²) in [6, 6.07) is 0. The lowest BCUT2D eigenvalue weighted by Gasteiger charge is -2.14. The average molecular weight is 409 g/mol. The van der Waals surface area contributed by atoms with Gasteiger partial charge in [-0.2, -0.15) is 0 Å². The number of carbonyl (C=O) groups is 1. The third-order valence-corrected chi connectivity index (χ3v) is 4.92. The van der Waals surface area contributed by atoms with E-state index in [1.54, 1.807) is 18.2 Å². The predicted molar refractivity (Wildman–Crippen MR) is 113 cm³/mol. The highest BCUT2D eigenvalue weighted by Gasteiger charge is 2.19. The van der Waals surface area contributed by atoms with E-state index >= 15 is 0 Å². The summed E-state index contributed by atoms with van der Waals surface area (Å²) in [4.78, 5) is 15.5. The van der Waals surface area contributed by atoms with Gasteiger partial charge in [-0.25, -0.2) is 4.98 Å². The second-order valence-corrected chi connectivity index (χ2v) is 7.24. The molecule has 0 fully saturated rings. The molecule has 3 atom stereocenters. The molecule has 0 amide bonds. The fraction of sp³-hybridized carbons (Fsp3) is 0.636. The van der Waals surface area contributed by atoms with Crippen LogP contribution in [0.5, 0.6) is 0 Å². The van der Waals surface area contributed by atoms with Gasteiger partial charge < -0.3 is 24.6 Å². The maximum atomic E-state index is 11.0. The molecule has 0 aliphatic carbocycles. The van der Waals surface area contributed by atoms with Crippen LogP contribution in [0.3, 0.4) is 0 Å². The van der Waals surface area contributed by atoms with E-state index in [4.69, 9.17) is 0 Å². The molecular weight excluding hydrogens is 372 g/mol. The minimum Gasteiger partial charge on any atom is -0.469 e. The Kier molecular flexibility index (Phi) is 11.5. The van der Waals surface area contributed by atoms with Crippen LogP contribution in [-0.4, -0.2) is 50.2 Å². The lowest BCUT2D eigenvalue weighted by Crippen LogP contribution is -2.22. The molecule has 164 valence electrons. The number of ether oxygens (including phenoxy) is 1. The molecule has 0 saturated carbocycles. The molecular formula is C22H36N2O5. The van der Waals surface area contributed by atoms with Gasteiger partial charge in [-0.15, -0.1) is 0 Å². The Labute approximate surface area is 173 Å². The summed E-state index contributed by atoms with van der Waals surface area (Å²) >= 11 is 0. The number of nitrogens with zero attached hydrogens (tertiary/aromatic N) is 2. The second kappa shape index (κ2) is 13.3. The second-order valence-electron chi connectivity index (χ2n) is 7.24. The number of imidazole rings is 1. The predicted octanol–water partition coefficient (Wildman–Crippen LogP) is 2.98. The third-order valence-electron chi connectivity index (χ3n) is 4.92. The molecule has 0 saturated heterocycles. The molecule has 0 aliphatic heterocycles. The van der Waals surface area contributed by atoms with Gasteiger partial charge in [-0.3, -0.25) is 4.79 Å². The van der Waals surface area contributed by atoms with E-state index in [1.807, 2.05) is 18.5 Å². The molecule has 1 aromatic heterocycles. The molecule has 0 spiro atoms. The molecule has 29 heavy (non-hydrogen) atoms. The normalized spacial score (nSPS) is 15.1. The summed E-state index contributed by atoms with van der Waals surface area (Å²) in [6.45, 7) is 3.99. The number of hydrogen-bond donors (Lipinski definition) is 3. The molecule has 1 heterocycles. The van der Waals surface area contributed by atoms with Crippen LogP contribution >= 0.6 is 0 Å². The minimum absolute atomic E-state index is 0.264. The van der Waals surface area contributed by atoms with E-state index in [0.717, 1.165) is 30.8 Å². The molecule has 1 rings (SSSR count). The number of esters is 1. The fourth-order valence-electron chi connectivity index (χ4n) is 3.01. The molecule has 0 aliphatic rings. The van der Waals surface area contributed by atoms with Crippen molar-refractivity contribution in [1.29, 1.82) is 0 Å². The Morgan fingerprint density at radius 1 is 1.24 bits per heavy atom. The number of carbonyl (C=O) groups excluding carboxylic acids is 1. The Hall–Kier alpha value is -1.96. The number of methoxy groups -OCH3 is 1. The van der Waals surface area contributed by atoms with Gasteiger partial charge in [0.2, 0.25) is 0 Å². The summed E-state index contributed by atoms with van der Waals surface area (Å²) in [5.74, 6) is 0.495. The van der Waals surface area contributed by atoms with E-state index in [-0.39, 0.29) is 18.8 Å². The van der Waals surface area contributed by atoms with Crippen LogP contribution in [0.1, 0.15) is 75.2 Å². The SMILES string of the molecule is CCCCCC(O)c1c(C=CC(O)C(O)CC=CCCC(=O)OC)nc(C)n1C. The molecule has 7 nitrogen and oxygen atoms in total. The van der Waals surface area contributed by atoms with Gasteiger partial charge in [0.05, 0.1) is 36.8 Å². The van der Waals surface area contributed by atoms with Crippen LogP contribution in [0.25, 0.3) is 6.08 Å². The van der Waals surface area contributed by atoms with Crippen LogP contribution in [0.4, 0.5) is 0 Å². The Morgan fingerprint density at radius 2 is 1.97 bits per heavy atom. The molecule has 7 heteroatoms. The summed E-state index contributed by atoms with van der Waals surface area (Å²) in [5.41, 5.74) is 1.33. The van der Waals surface area contributed by atoms with Crippen molar-refractivity contribution < 1.29 is 24.9 Å². The number of hydrogen-bond acceptors (Lipinski definition) is 6. The highest BCUT2D eigenvalue weighted by atomic mass is 16.5. The van der Waals surface area contributed by atoms with Crippen molar-refractivity contribution >= 4 is 12.0 Å². The molecule has 0 aromatic carbocycles. The largest absolute Gasteiger partial charge is 0.469 e. The summed E-state index contributed by atoms with van der Waals surface area (Å²) in [5, 5.41) is 30.9. The summed E-state index contributed by atoms with van der Waals surface area (Å²) in [7, 11) is 3.21. The van der Waals surface area contributed by atoms with Crippen molar-refractivity contribution in [2.45, 2.75) is 77.1 Å². The monoisotopic (exact) mass is 408 g/mol. The van der Waals surface area contributed by atoms with Gasteiger partial charge in [-0.1, -0.05) is 44.4 Å². The maximum absolute atomic E-state index is 11.0. The lowest BCUT2D eigenvalue weighted by atomic mass is 10.0. The number of allylic oxidation sites excluding steroid dienone is 1. The van der Waals surface area contributed by atoms with E-state index in [2.05, 4.69) is 16.6 Å². The van der Waals surface area contributed by atoms with Crippen molar-refractivity contribution in [3.8, 4) is 0 Å². The molecule has 1 aromatic rings. The zero-order chi connectivity index (χ0) is 21.8. The van der Waals surface area contributed by atoms with Gasteiger partial charge in [0.15, 0.2) is 0 Å². The van der Waals surface area contributed by atoms with E-state index in [9.17, 15) is 20.1 Å². The highest BCUT2D eigenvalue weighted by Crippen LogP contribution is 2.25. The fourth-order valence-corrected chi connectivity index (χ4v) is 3.01. The van der Waals surface area contributed by atoms with Gasteiger partial charge in [0.25, 0.3) is 0 Å². The molecule has 3 N–H and O–H groups in total. The number of aryl methyl sites for hydroxylation is 1. The first-order chi connectivity index (χ1) is 13.8. The van der Waals surface area contributed by atoms with Crippen LogP contribution < -0.4 is 0 Å². The van der Waals surface area contributed by atoms with Crippen LogP contribution in [0.15, 0.2) is 18.2 Å². The Balaban J connectivity index is 2.67. The number of aliphatic hydroxyl groups is 3. The van der Waals surface area contributed by atoms with E-state index in [0.29, 0.717) is 18.5 Å². The smallest absolute Gasteiger partial charge is 0.305 e. The standard InChI is InChI=1S/C22H36N2O5/c1-5-6-8-12-20(27)22-17(23-16(2)24(22)3)14-15-19(26)18(25)11-9-7-10-13-21(28)29-4/h7,9,14-15,18-20,25-27H,5-6,8,10-13H2,1-4H3. The van der Waals surface area contributed by atoms with E-state index in [1.165, 1.54) is 13.2 Å². The zero-order valence-corrected chi connectivity index (χ0v) is 18.0. The van der Waals surface area contributed by atoms with Crippen molar-refractivity contribution in [2.24, 2.45) is 7.05 Å². The minimum atomic E-state index is -1.06. The van der Waals surface area contributed by atoms with Gasteiger partial charge >= 0.3 is 5.97 Å². The maximum Gasteiger partial charge on any atom is 0.305 e. The summed E-state index contributed by atoms with van der Waals surface area (Å²) < 4.78 is 6.42. The Morgan fingerprint density at radius 3 is 2.62 bits per heavy atom.